The molecule has 0 aromatic carbocycles. The zero-order valence-corrected chi connectivity index (χ0v) is 8.69. The van der Waals surface area contributed by atoms with Crippen molar-refractivity contribution in [1.29, 1.82) is 0 Å². The van der Waals surface area contributed by atoms with E-state index in [0.29, 0.717) is 6.54 Å². The summed E-state index contributed by atoms with van der Waals surface area (Å²) >= 11 is 1.74. The average Bonchev–Trinajstić information content (AvgIpc) is 2.66. The van der Waals surface area contributed by atoms with Crippen molar-refractivity contribution in [3.8, 4) is 0 Å². The molecule has 0 aliphatic carbocycles. The maximum absolute atomic E-state index is 5.60. The molecule has 0 spiro atoms. The molecule has 70 valence electrons. The van der Waals surface area contributed by atoms with Crippen LogP contribution in [0.5, 0.6) is 0 Å². The summed E-state index contributed by atoms with van der Waals surface area (Å²) in [7, 11) is 1.98. The van der Waals surface area contributed by atoms with E-state index < -0.39 is 0 Å². The second-order valence-corrected chi connectivity index (χ2v) is 4.17. The first kappa shape index (κ1) is 8.72. The van der Waals surface area contributed by atoms with Gasteiger partial charge in [0.05, 0.1) is 5.69 Å². The third kappa shape index (κ3) is 1.26. The smallest absolute Gasteiger partial charge is 0.121 e. The van der Waals surface area contributed by atoms with Crippen LogP contribution in [0.4, 0.5) is 0 Å². The van der Waals surface area contributed by atoms with Gasteiger partial charge in [-0.2, -0.15) is 5.10 Å². The van der Waals surface area contributed by atoms with E-state index in [2.05, 4.69) is 18.1 Å². The second-order valence-electron chi connectivity index (χ2n) is 3.06. The number of hydrogen-bond donors (Lipinski definition) is 1. The molecular weight excluding hydrogens is 182 g/mol. The monoisotopic (exact) mass is 195 g/mol. The standard InChI is InChI=1S/C9H13N3S/c1-3-8-7-4-6(5-10)13-9(7)12(2)11-8/h4H,3,5,10H2,1-2H3. The Morgan fingerprint density at radius 2 is 2.38 bits per heavy atom. The third-order valence-electron chi connectivity index (χ3n) is 2.18. The maximum Gasteiger partial charge on any atom is 0.121 e. The molecule has 0 unspecified atom stereocenters. The third-order valence-corrected chi connectivity index (χ3v) is 3.40. The van der Waals surface area contributed by atoms with Crippen LogP contribution >= 0.6 is 11.3 Å². The van der Waals surface area contributed by atoms with Crippen molar-refractivity contribution in [2.45, 2.75) is 19.9 Å². The molecule has 0 aliphatic heterocycles. The lowest BCUT2D eigenvalue weighted by Crippen LogP contribution is -1.93. The molecule has 2 heterocycles. The number of nitrogens with two attached hydrogens (primary N) is 1. The van der Waals surface area contributed by atoms with E-state index in [4.69, 9.17) is 5.73 Å². The molecule has 2 rings (SSSR count). The van der Waals surface area contributed by atoms with Crippen molar-refractivity contribution in [2.24, 2.45) is 12.8 Å². The highest BCUT2D eigenvalue weighted by atomic mass is 32.1. The maximum atomic E-state index is 5.60. The summed E-state index contributed by atoms with van der Waals surface area (Å²) in [4.78, 5) is 2.47. The van der Waals surface area contributed by atoms with Crippen molar-refractivity contribution in [1.82, 2.24) is 9.78 Å². The van der Waals surface area contributed by atoms with E-state index in [1.54, 1.807) is 11.3 Å². The van der Waals surface area contributed by atoms with Gasteiger partial charge in [-0.05, 0) is 12.5 Å². The van der Waals surface area contributed by atoms with Gasteiger partial charge in [0.1, 0.15) is 4.83 Å². The highest BCUT2D eigenvalue weighted by Gasteiger charge is 2.10. The molecule has 0 aliphatic rings. The van der Waals surface area contributed by atoms with Crippen LogP contribution in [0.3, 0.4) is 0 Å². The van der Waals surface area contributed by atoms with Gasteiger partial charge in [0, 0.05) is 23.9 Å². The van der Waals surface area contributed by atoms with E-state index in [1.807, 2.05) is 11.7 Å². The Labute approximate surface area is 81.2 Å². The van der Waals surface area contributed by atoms with E-state index in [1.165, 1.54) is 20.8 Å². The molecule has 4 heteroatoms. The zero-order valence-electron chi connectivity index (χ0n) is 7.87. The lowest BCUT2D eigenvalue weighted by Gasteiger charge is -1.89. The molecule has 0 saturated carbocycles. The minimum atomic E-state index is 0.627. The SMILES string of the molecule is CCc1nn(C)c2sc(CN)cc12. The normalized spacial score (nSPS) is 11.3. The molecule has 0 atom stereocenters. The summed E-state index contributed by atoms with van der Waals surface area (Å²) in [6.45, 7) is 2.75. The van der Waals surface area contributed by atoms with Crippen LogP contribution in [0.15, 0.2) is 6.07 Å². The predicted octanol–water partition coefficient (Wildman–Crippen LogP) is 1.66. The Kier molecular flexibility index (Phi) is 2.09. The van der Waals surface area contributed by atoms with Crippen LogP contribution in [0, 0.1) is 0 Å². The summed E-state index contributed by atoms with van der Waals surface area (Å²) in [5, 5.41) is 5.70. The Hall–Kier alpha value is -0.870. The van der Waals surface area contributed by atoms with Crippen LogP contribution in [0.2, 0.25) is 0 Å². The summed E-state index contributed by atoms with van der Waals surface area (Å²) in [6.07, 6.45) is 0.984. The van der Waals surface area contributed by atoms with Crippen LogP contribution in [0.1, 0.15) is 17.5 Å². The van der Waals surface area contributed by atoms with Crippen molar-refractivity contribution >= 4 is 21.6 Å². The minimum Gasteiger partial charge on any atom is -0.326 e. The highest BCUT2D eigenvalue weighted by molar-refractivity contribution is 7.18. The zero-order chi connectivity index (χ0) is 9.42. The molecule has 0 radical (unpaired) electrons. The number of hydrogen-bond acceptors (Lipinski definition) is 3. The molecule has 2 N–H and O–H groups in total. The molecule has 2 aromatic rings. The lowest BCUT2D eigenvalue weighted by molar-refractivity contribution is 0.774. The van der Waals surface area contributed by atoms with Gasteiger partial charge >= 0.3 is 0 Å². The molecule has 0 saturated heterocycles. The van der Waals surface area contributed by atoms with Crippen LogP contribution in [-0.2, 0) is 20.0 Å². The summed E-state index contributed by atoms with van der Waals surface area (Å²) in [5.41, 5.74) is 6.77. The summed E-state index contributed by atoms with van der Waals surface area (Å²) in [5.74, 6) is 0. The molecule has 3 nitrogen and oxygen atoms in total. The van der Waals surface area contributed by atoms with E-state index in [9.17, 15) is 0 Å². The van der Waals surface area contributed by atoms with Crippen molar-refractivity contribution in [3.05, 3.63) is 16.6 Å². The Morgan fingerprint density at radius 3 is 3.00 bits per heavy atom. The van der Waals surface area contributed by atoms with Gasteiger partial charge in [-0.25, -0.2) is 0 Å². The molecule has 13 heavy (non-hydrogen) atoms. The largest absolute Gasteiger partial charge is 0.326 e. The summed E-state index contributed by atoms with van der Waals surface area (Å²) < 4.78 is 1.94. The first-order valence-electron chi connectivity index (χ1n) is 4.40. The van der Waals surface area contributed by atoms with Crippen molar-refractivity contribution in [3.63, 3.8) is 0 Å². The van der Waals surface area contributed by atoms with Gasteiger partial charge in [-0.15, -0.1) is 11.3 Å². The Balaban J connectivity index is 2.68. The molecule has 0 bridgehead atoms. The van der Waals surface area contributed by atoms with E-state index in [0.717, 1.165) is 6.42 Å². The first-order chi connectivity index (χ1) is 6.26. The summed E-state index contributed by atoms with van der Waals surface area (Å²) in [6, 6.07) is 2.16. The Bertz CT molecular complexity index is 427. The molecular formula is C9H13N3S. The molecule has 0 amide bonds. The van der Waals surface area contributed by atoms with Gasteiger partial charge in [0.2, 0.25) is 0 Å². The van der Waals surface area contributed by atoms with Crippen LogP contribution < -0.4 is 5.73 Å². The fourth-order valence-electron chi connectivity index (χ4n) is 1.52. The lowest BCUT2D eigenvalue weighted by atomic mass is 10.2. The number of rotatable bonds is 2. The number of fused-ring (bicyclic) bond motifs is 1. The number of nitrogens with zero attached hydrogens (tertiary/aromatic N) is 2. The average molecular weight is 195 g/mol. The van der Waals surface area contributed by atoms with Gasteiger partial charge < -0.3 is 5.73 Å². The molecule has 2 aromatic heterocycles. The second kappa shape index (κ2) is 3.12. The van der Waals surface area contributed by atoms with Crippen LogP contribution in [0.25, 0.3) is 10.2 Å². The fraction of sp³-hybridized carbons (Fsp3) is 0.444. The van der Waals surface area contributed by atoms with Gasteiger partial charge in [-0.3, -0.25) is 4.68 Å². The van der Waals surface area contributed by atoms with E-state index in [-0.39, 0.29) is 0 Å². The highest BCUT2D eigenvalue weighted by Crippen LogP contribution is 2.27. The predicted molar refractivity (Wildman–Crippen MR) is 55.9 cm³/mol. The molecule has 0 fully saturated rings. The minimum absolute atomic E-state index is 0.627. The van der Waals surface area contributed by atoms with E-state index >= 15 is 0 Å². The quantitative estimate of drug-likeness (QED) is 0.792. The van der Waals surface area contributed by atoms with Gasteiger partial charge in [-0.1, -0.05) is 6.92 Å². The number of aryl methyl sites for hydroxylation is 2. The van der Waals surface area contributed by atoms with Crippen LogP contribution in [-0.4, -0.2) is 9.78 Å². The van der Waals surface area contributed by atoms with Crippen molar-refractivity contribution in [2.75, 3.05) is 0 Å². The van der Waals surface area contributed by atoms with Crippen molar-refractivity contribution < 1.29 is 0 Å². The van der Waals surface area contributed by atoms with Gasteiger partial charge in [0.15, 0.2) is 0 Å². The van der Waals surface area contributed by atoms with Gasteiger partial charge in [0.25, 0.3) is 0 Å². The first-order valence-corrected chi connectivity index (χ1v) is 5.22. The topological polar surface area (TPSA) is 43.8 Å². The number of aromatic nitrogens is 2. The fourth-order valence-corrected chi connectivity index (χ4v) is 2.49. The Morgan fingerprint density at radius 1 is 1.62 bits per heavy atom. The number of thiophene rings is 1.